The molecule has 1 aliphatic carbocycles. The highest BCUT2D eigenvalue weighted by Crippen LogP contribution is 2.33. The summed E-state index contributed by atoms with van der Waals surface area (Å²) in [5.74, 6) is -0.243. The first-order valence-corrected chi connectivity index (χ1v) is 2.36. The van der Waals surface area contributed by atoms with Crippen molar-refractivity contribution in [3.05, 3.63) is 0 Å². The van der Waals surface area contributed by atoms with E-state index >= 15 is 0 Å². The Morgan fingerprint density at radius 1 is 1.86 bits per heavy atom. The number of hydrogen-bond donors (Lipinski definition) is 0. The zero-order chi connectivity index (χ0) is 5.44. The van der Waals surface area contributed by atoms with Crippen molar-refractivity contribution in [2.24, 2.45) is 5.92 Å². The van der Waals surface area contributed by atoms with Crippen molar-refractivity contribution < 1.29 is 9.18 Å². The summed E-state index contributed by atoms with van der Waals surface area (Å²) in [5.41, 5.74) is 0. The van der Waals surface area contributed by atoms with E-state index in [4.69, 9.17) is 0 Å². The lowest BCUT2D eigenvalue weighted by Crippen LogP contribution is -1.93. The Morgan fingerprint density at radius 3 is 2.29 bits per heavy atom. The minimum absolute atomic E-state index is 0.00694. The largest absolute Gasteiger partial charge is 0.300 e. The highest BCUT2D eigenvalue weighted by Gasteiger charge is 2.40. The SMILES string of the molecule is CC(=O)[C@H]1C[C@@H]1F. The maximum absolute atomic E-state index is 11.8. The van der Waals surface area contributed by atoms with E-state index in [1.54, 1.807) is 0 Å². The second kappa shape index (κ2) is 1.29. The number of ketones is 1. The van der Waals surface area contributed by atoms with Gasteiger partial charge in [-0.1, -0.05) is 0 Å². The van der Waals surface area contributed by atoms with Crippen LogP contribution in [0.1, 0.15) is 13.3 Å². The summed E-state index contributed by atoms with van der Waals surface area (Å²) in [6.07, 6.45) is -0.340. The Hall–Kier alpha value is -0.400. The molecule has 0 N–H and O–H groups in total. The highest BCUT2D eigenvalue weighted by atomic mass is 19.1. The number of rotatable bonds is 1. The van der Waals surface area contributed by atoms with Crippen LogP contribution in [-0.2, 0) is 4.79 Å². The maximum atomic E-state index is 11.8. The van der Waals surface area contributed by atoms with Crippen molar-refractivity contribution in [1.29, 1.82) is 0 Å². The topological polar surface area (TPSA) is 17.1 Å². The molecule has 1 nitrogen and oxygen atoms in total. The van der Waals surface area contributed by atoms with E-state index in [1.165, 1.54) is 6.92 Å². The van der Waals surface area contributed by atoms with Crippen molar-refractivity contribution in [2.75, 3.05) is 0 Å². The van der Waals surface area contributed by atoms with Gasteiger partial charge in [-0.3, -0.25) is 4.79 Å². The zero-order valence-corrected chi connectivity index (χ0v) is 4.15. The molecule has 1 saturated carbocycles. The molecular weight excluding hydrogens is 95.1 g/mol. The van der Waals surface area contributed by atoms with Gasteiger partial charge in [-0.15, -0.1) is 0 Å². The molecule has 0 heterocycles. The lowest BCUT2D eigenvalue weighted by Gasteiger charge is -1.78. The predicted molar refractivity (Wildman–Crippen MR) is 23.7 cm³/mol. The third-order valence-electron chi connectivity index (χ3n) is 1.23. The molecule has 0 saturated heterocycles. The first-order chi connectivity index (χ1) is 3.22. The van der Waals surface area contributed by atoms with Crippen molar-refractivity contribution in [3.63, 3.8) is 0 Å². The van der Waals surface area contributed by atoms with Crippen LogP contribution in [-0.4, -0.2) is 12.0 Å². The number of carbonyl (C=O) groups is 1. The standard InChI is InChI=1S/C5H7FO/c1-3(7)4-2-5(4)6/h4-5H,2H2,1H3/t4-,5+/m1/s1. The van der Waals surface area contributed by atoms with Gasteiger partial charge >= 0.3 is 0 Å². The van der Waals surface area contributed by atoms with Crippen LogP contribution in [0.2, 0.25) is 0 Å². The summed E-state index contributed by atoms with van der Waals surface area (Å²) in [4.78, 5) is 10.2. The Morgan fingerprint density at radius 2 is 2.29 bits per heavy atom. The van der Waals surface area contributed by atoms with E-state index in [9.17, 15) is 9.18 Å². The minimum atomic E-state index is -0.808. The number of Topliss-reactive ketones (excluding diaryl/α,β-unsaturated/α-hetero) is 1. The van der Waals surface area contributed by atoms with E-state index < -0.39 is 6.17 Å². The lowest BCUT2D eigenvalue weighted by atomic mass is 10.3. The molecule has 0 aromatic heterocycles. The summed E-state index contributed by atoms with van der Waals surface area (Å²) in [7, 11) is 0. The molecule has 0 radical (unpaired) electrons. The Bertz CT molecular complexity index is 100. The molecular formula is C5H7FO. The summed E-state index contributed by atoms with van der Waals surface area (Å²) < 4.78 is 11.8. The smallest absolute Gasteiger partial charge is 0.135 e. The molecule has 0 spiro atoms. The van der Waals surface area contributed by atoms with Crippen LogP contribution in [0.3, 0.4) is 0 Å². The van der Waals surface area contributed by atoms with E-state index in [2.05, 4.69) is 0 Å². The molecule has 0 aliphatic heterocycles. The second-order valence-electron chi connectivity index (χ2n) is 1.97. The average molecular weight is 102 g/mol. The molecule has 0 bridgehead atoms. The number of carbonyl (C=O) groups excluding carboxylic acids is 1. The fraction of sp³-hybridized carbons (Fsp3) is 0.800. The molecule has 0 amide bonds. The molecule has 2 heteroatoms. The summed E-state index contributed by atoms with van der Waals surface area (Å²) in [6.45, 7) is 1.43. The maximum Gasteiger partial charge on any atom is 0.135 e. The normalized spacial score (nSPS) is 38.0. The van der Waals surface area contributed by atoms with Gasteiger partial charge in [-0.25, -0.2) is 4.39 Å². The van der Waals surface area contributed by atoms with Crippen molar-refractivity contribution in [1.82, 2.24) is 0 Å². The molecule has 0 aromatic rings. The molecule has 40 valence electrons. The van der Waals surface area contributed by atoms with Gasteiger partial charge in [-0.05, 0) is 13.3 Å². The highest BCUT2D eigenvalue weighted by molar-refractivity contribution is 5.81. The Balaban J connectivity index is 2.33. The van der Waals surface area contributed by atoms with Gasteiger partial charge < -0.3 is 0 Å². The van der Waals surface area contributed by atoms with Crippen LogP contribution < -0.4 is 0 Å². The van der Waals surface area contributed by atoms with Gasteiger partial charge in [0, 0.05) is 0 Å². The Labute approximate surface area is 41.5 Å². The summed E-state index contributed by atoms with van der Waals surface area (Å²) >= 11 is 0. The minimum Gasteiger partial charge on any atom is -0.300 e. The molecule has 7 heavy (non-hydrogen) atoms. The van der Waals surface area contributed by atoms with Crippen molar-refractivity contribution in [3.8, 4) is 0 Å². The van der Waals surface area contributed by atoms with Gasteiger partial charge in [0.2, 0.25) is 0 Å². The quantitative estimate of drug-likeness (QED) is 0.481. The van der Waals surface area contributed by atoms with Crippen LogP contribution >= 0.6 is 0 Å². The van der Waals surface area contributed by atoms with Gasteiger partial charge in [0.1, 0.15) is 12.0 Å². The van der Waals surface area contributed by atoms with Gasteiger partial charge in [0.15, 0.2) is 0 Å². The van der Waals surface area contributed by atoms with E-state index in [-0.39, 0.29) is 11.7 Å². The molecule has 2 atom stereocenters. The van der Waals surface area contributed by atoms with E-state index in [0.717, 1.165) is 0 Å². The predicted octanol–water partition coefficient (Wildman–Crippen LogP) is 0.933. The van der Waals surface area contributed by atoms with Crippen LogP contribution in [0.15, 0.2) is 0 Å². The van der Waals surface area contributed by atoms with Crippen molar-refractivity contribution in [2.45, 2.75) is 19.5 Å². The Kier molecular flexibility index (Phi) is 0.873. The summed E-state index contributed by atoms with van der Waals surface area (Å²) in [5, 5.41) is 0. The number of alkyl halides is 1. The van der Waals surface area contributed by atoms with Crippen LogP contribution in [0.25, 0.3) is 0 Å². The van der Waals surface area contributed by atoms with Gasteiger partial charge in [0.05, 0.1) is 5.92 Å². The third-order valence-corrected chi connectivity index (χ3v) is 1.23. The number of halogens is 1. The van der Waals surface area contributed by atoms with E-state index in [1.807, 2.05) is 0 Å². The second-order valence-corrected chi connectivity index (χ2v) is 1.97. The van der Waals surface area contributed by atoms with E-state index in [0.29, 0.717) is 6.42 Å². The fourth-order valence-electron chi connectivity index (χ4n) is 0.585. The molecule has 1 fully saturated rings. The van der Waals surface area contributed by atoms with Gasteiger partial charge in [-0.2, -0.15) is 0 Å². The van der Waals surface area contributed by atoms with Crippen LogP contribution in [0, 0.1) is 5.92 Å². The number of hydrogen-bond acceptors (Lipinski definition) is 1. The molecule has 0 unspecified atom stereocenters. The van der Waals surface area contributed by atoms with Gasteiger partial charge in [0.25, 0.3) is 0 Å². The summed E-state index contributed by atoms with van der Waals surface area (Å²) in [6, 6.07) is 0. The first kappa shape index (κ1) is 4.75. The molecule has 0 aromatic carbocycles. The average Bonchev–Trinajstić information content (AvgIpc) is 2.17. The fourth-order valence-corrected chi connectivity index (χ4v) is 0.585. The molecule has 1 rings (SSSR count). The van der Waals surface area contributed by atoms with Crippen molar-refractivity contribution >= 4 is 5.78 Å². The molecule has 1 aliphatic rings. The van der Waals surface area contributed by atoms with Crippen LogP contribution in [0.5, 0.6) is 0 Å². The van der Waals surface area contributed by atoms with Crippen LogP contribution in [0.4, 0.5) is 4.39 Å². The zero-order valence-electron chi connectivity index (χ0n) is 4.15. The lowest BCUT2D eigenvalue weighted by molar-refractivity contribution is -0.118. The third kappa shape index (κ3) is 0.787. The first-order valence-electron chi connectivity index (χ1n) is 2.36. The monoisotopic (exact) mass is 102 g/mol.